The van der Waals surface area contributed by atoms with Gasteiger partial charge in [0.05, 0.1) is 0 Å². The van der Waals surface area contributed by atoms with Crippen LogP contribution in [-0.2, 0) is 5.41 Å². The van der Waals surface area contributed by atoms with Crippen LogP contribution in [0.25, 0.3) is 0 Å². The van der Waals surface area contributed by atoms with Gasteiger partial charge in [-0.2, -0.15) is 0 Å². The van der Waals surface area contributed by atoms with Crippen molar-refractivity contribution >= 4 is 5.69 Å². The zero-order valence-corrected chi connectivity index (χ0v) is 13.7. The summed E-state index contributed by atoms with van der Waals surface area (Å²) < 4.78 is 0. The number of hydrogen-bond acceptors (Lipinski definition) is 1. The van der Waals surface area contributed by atoms with Gasteiger partial charge >= 0.3 is 0 Å². The van der Waals surface area contributed by atoms with Crippen LogP contribution in [0.15, 0.2) is 24.3 Å². The smallest absolute Gasteiger partial charge is 0.0342 e. The quantitative estimate of drug-likeness (QED) is 0.736. The number of hydrogen-bond donors (Lipinski definition) is 1. The third kappa shape index (κ3) is 4.26. The van der Waals surface area contributed by atoms with Gasteiger partial charge in [-0.25, -0.2) is 0 Å². The lowest BCUT2D eigenvalue weighted by Gasteiger charge is -2.30. The van der Waals surface area contributed by atoms with Gasteiger partial charge in [0.15, 0.2) is 0 Å². The van der Waals surface area contributed by atoms with E-state index >= 15 is 0 Å². The van der Waals surface area contributed by atoms with Gasteiger partial charge in [-0.15, -0.1) is 0 Å². The predicted octanol–water partition coefficient (Wildman–Crippen LogP) is 5.75. The average molecular weight is 273 g/mol. The first-order valence-corrected chi connectivity index (χ1v) is 8.36. The molecule has 1 aliphatic carbocycles. The van der Waals surface area contributed by atoms with Gasteiger partial charge in [0, 0.05) is 11.7 Å². The summed E-state index contributed by atoms with van der Waals surface area (Å²) in [4.78, 5) is 0. The summed E-state index contributed by atoms with van der Waals surface area (Å²) in [5, 5.41) is 3.72. The third-order valence-corrected chi connectivity index (χ3v) is 4.67. The molecule has 2 rings (SSSR count). The molecule has 0 spiro atoms. The lowest BCUT2D eigenvalue weighted by atomic mass is 9.83. The summed E-state index contributed by atoms with van der Waals surface area (Å²) in [5.74, 6) is 0.987. The Labute approximate surface area is 125 Å². The van der Waals surface area contributed by atoms with Gasteiger partial charge in [0.1, 0.15) is 0 Å². The lowest BCUT2D eigenvalue weighted by Crippen LogP contribution is -2.26. The van der Waals surface area contributed by atoms with Crippen molar-refractivity contribution in [2.45, 2.75) is 77.7 Å². The molecule has 1 fully saturated rings. The standard InChI is InChI=1S/C19H31N/c1-5-6-15-7-11-17(12-8-15)20-18-13-9-16(10-14-18)19(2,3)4/h9-10,13-15,17,20H,5-8,11-12H2,1-4H3. The van der Waals surface area contributed by atoms with Crippen molar-refractivity contribution in [3.8, 4) is 0 Å². The maximum atomic E-state index is 3.72. The zero-order chi connectivity index (χ0) is 14.6. The summed E-state index contributed by atoms with van der Waals surface area (Å²) in [7, 11) is 0. The highest BCUT2D eigenvalue weighted by atomic mass is 14.9. The van der Waals surface area contributed by atoms with Crippen molar-refractivity contribution in [1.29, 1.82) is 0 Å². The summed E-state index contributed by atoms with van der Waals surface area (Å²) in [6.45, 7) is 9.11. The van der Waals surface area contributed by atoms with E-state index in [0.717, 1.165) is 5.92 Å². The summed E-state index contributed by atoms with van der Waals surface area (Å²) in [6, 6.07) is 9.72. The second-order valence-corrected chi connectivity index (χ2v) is 7.48. The molecule has 0 atom stereocenters. The minimum Gasteiger partial charge on any atom is -0.382 e. The molecule has 1 N–H and O–H groups in total. The second-order valence-electron chi connectivity index (χ2n) is 7.48. The van der Waals surface area contributed by atoms with Gasteiger partial charge in [-0.05, 0) is 54.7 Å². The Kier molecular flexibility index (Phi) is 5.12. The van der Waals surface area contributed by atoms with E-state index < -0.39 is 0 Å². The highest BCUT2D eigenvalue weighted by Gasteiger charge is 2.20. The van der Waals surface area contributed by atoms with Crippen molar-refractivity contribution in [3.63, 3.8) is 0 Å². The molecule has 0 bridgehead atoms. The Morgan fingerprint density at radius 3 is 2.10 bits per heavy atom. The van der Waals surface area contributed by atoms with Crippen LogP contribution < -0.4 is 5.32 Å². The van der Waals surface area contributed by atoms with E-state index in [1.165, 1.54) is 49.8 Å². The molecule has 1 saturated carbocycles. The highest BCUT2D eigenvalue weighted by molar-refractivity contribution is 5.46. The normalized spacial score (nSPS) is 23.6. The van der Waals surface area contributed by atoms with E-state index in [4.69, 9.17) is 0 Å². The molecule has 0 saturated heterocycles. The van der Waals surface area contributed by atoms with Crippen molar-refractivity contribution < 1.29 is 0 Å². The minimum atomic E-state index is 0.247. The summed E-state index contributed by atoms with van der Waals surface area (Å²) >= 11 is 0. The number of rotatable bonds is 4. The Bertz CT molecular complexity index is 391. The molecule has 0 unspecified atom stereocenters. The van der Waals surface area contributed by atoms with Gasteiger partial charge in [0.25, 0.3) is 0 Å². The number of benzene rings is 1. The SMILES string of the molecule is CCCC1CCC(Nc2ccc(C(C)(C)C)cc2)CC1. The van der Waals surface area contributed by atoms with Crippen LogP contribution >= 0.6 is 0 Å². The second kappa shape index (κ2) is 6.65. The van der Waals surface area contributed by atoms with Crippen LogP contribution in [0.3, 0.4) is 0 Å². The van der Waals surface area contributed by atoms with Crippen molar-refractivity contribution in [3.05, 3.63) is 29.8 Å². The van der Waals surface area contributed by atoms with Crippen molar-refractivity contribution in [2.24, 2.45) is 5.92 Å². The molecular weight excluding hydrogens is 242 g/mol. The Hall–Kier alpha value is -0.980. The Morgan fingerprint density at radius 1 is 1.00 bits per heavy atom. The molecule has 112 valence electrons. The topological polar surface area (TPSA) is 12.0 Å². The molecule has 1 aromatic rings. The van der Waals surface area contributed by atoms with Crippen LogP contribution in [0.1, 0.15) is 71.8 Å². The fourth-order valence-electron chi connectivity index (χ4n) is 3.31. The van der Waals surface area contributed by atoms with Crippen LogP contribution in [0.5, 0.6) is 0 Å². The maximum Gasteiger partial charge on any atom is 0.0342 e. The molecule has 0 aromatic heterocycles. The van der Waals surface area contributed by atoms with E-state index in [0.29, 0.717) is 6.04 Å². The molecular formula is C19H31N. The van der Waals surface area contributed by atoms with Crippen LogP contribution in [0.4, 0.5) is 5.69 Å². The van der Waals surface area contributed by atoms with E-state index in [9.17, 15) is 0 Å². The monoisotopic (exact) mass is 273 g/mol. The molecule has 1 nitrogen and oxygen atoms in total. The highest BCUT2D eigenvalue weighted by Crippen LogP contribution is 2.30. The largest absolute Gasteiger partial charge is 0.382 e. The maximum absolute atomic E-state index is 3.72. The molecule has 1 heteroatoms. The van der Waals surface area contributed by atoms with Gasteiger partial charge in [-0.1, -0.05) is 52.7 Å². The molecule has 0 amide bonds. The Morgan fingerprint density at radius 2 is 1.60 bits per heavy atom. The van der Waals surface area contributed by atoms with Crippen LogP contribution in [-0.4, -0.2) is 6.04 Å². The van der Waals surface area contributed by atoms with Crippen molar-refractivity contribution in [1.82, 2.24) is 0 Å². The number of anilines is 1. The van der Waals surface area contributed by atoms with E-state index in [1.807, 2.05) is 0 Å². The van der Waals surface area contributed by atoms with Gasteiger partial charge in [-0.3, -0.25) is 0 Å². The fourth-order valence-corrected chi connectivity index (χ4v) is 3.31. The van der Waals surface area contributed by atoms with E-state index in [2.05, 4.69) is 57.3 Å². The molecule has 0 heterocycles. The molecule has 0 aliphatic heterocycles. The zero-order valence-electron chi connectivity index (χ0n) is 13.7. The first-order valence-electron chi connectivity index (χ1n) is 8.36. The first-order chi connectivity index (χ1) is 9.49. The van der Waals surface area contributed by atoms with Crippen LogP contribution in [0, 0.1) is 5.92 Å². The molecule has 20 heavy (non-hydrogen) atoms. The van der Waals surface area contributed by atoms with Gasteiger partial charge < -0.3 is 5.32 Å². The minimum absolute atomic E-state index is 0.247. The third-order valence-electron chi connectivity index (χ3n) is 4.67. The molecule has 1 aromatic carbocycles. The fraction of sp³-hybridized carbons (Fsp3) is 0.684. The van der Waals surface area contributed by atoms with E-state index in [1.54, 1.807) is 0 Å². The van der Waals surface area contributed by atoms with Gasteiger partial charge in [0.2, 0.25) is 0 Å². The molecule has 0 radical (unpaired) electrons. The molecule has 1 aliphatic rings. The van der Waals surface area contributed by atoms with Crippen LogP contribution in [0.2, 0.25) is 0 Å². The predicted molar refractivity (Wildman–Crippen MR) is 89.4 cm³/mol. The average Bonchev–Trinajstić information content (AvgIpc) is 2.41. The first kappa shape index (κ1) is 15.4. The van der Waals surface area contributed by atoms with E-state index in [-0.39, 0.29) is 5.41 Å². The summed E-state index contributed by atoms with van der Waals surface area (Å²) in [5.41, 5.74) is 2.95. The number of nitrogens with one attached hydrogen (secondary N) is 1. The Balaban J connectivity index is 1.85. The van der Waals surface area contributed by atoms with Crippen molar-refractivity contribution in [2.75, 3.05) is 5.32 Å². The lowest BCUT2D eigenvalue weighted by molar-refractivity contribution is 0.319. The summed E-state index contributed by atoms with van der Waals surface area (Å²) in [6.07, 6.45) is 8.26.